The summed E-state index contributed by atoms with van der Waals surface area (Å²) in [6.45, 7) is 4.35. The summed E-state index contributed by atoms with van der Waals surface area (Å²) in [5.74, 6) is 0.815. The molecule has 1 N–H and O–H groups in total. The van der Waals surface area contributed by atoms with Gasteiger partial charge in [-0.15, -0.1) is 0 Å². The van der Waals surface area contributed by atoms with Crippen molar-refractivity contribution in [2.24, 2.45) is 0 Å². The van der Waals surface area contributed by atoms with Gasteiger partial charge in [-0.3, -0.25) is 9.58 Å². The molecule has 6 nitrogen and oxygen atoms in total. The molecule has 0 radical (unpaired) electrons. The molecule has 0 amide bonds. The van der Waals surface area contributed by atoms with Gasteiger partial charge in [0.25, 0.3) is 0 Å². The van der Waals surface area contributed by atoms with Crippen LogP contribution in [-0.4, -0.2) is 37.6 Å². The standard InChI is InChI=1S/C13H18N4O2/c1-10-6-11(15-19-10)7-16-8-12-2-4-14-17(12)5-3-13(16)9-18/h2,4,6,13,18H,3,5,7-9H2,1H3. The summed E-state index contributed by atoms with van der Waals surface area (Å²) in [5.41, 5.74) is 2.08. The number of nitrogens with zero attached hydrogens (tertiary/aromatic N) is 4. The van der Waals surface area contributed by atoms with Crippen molar-refractivity contribution in [3.8, 4) is 0 Å². The van der Waals surface area contributed by atoms with E-state index in [9.17, 15) is 5.11 Å². The Morgan fingerprint density at radius 3 is 3.16 bits per heavy atom. The van der Waals surface area contributed by atoms with E-state index in [2.05, 4.69) is 15.2 Å². The fourth-order valence-electron chi connectivity index (χ4n) is 2.58. The highest BCUT2D eigenvalue weighted by atomic mass is 16.5. The molecule has 2 aromatic rings. The second kappa shape index (κ2) is 5.14. The van der Waals surface area contributed by atoms with E-state index >= 15 is 0 Å². The predicted octanol–water partition coefficient (Wildman–Crippen LogP) is 0.946. The van der Waals surface area contributed by atoms with Crippen LogP contribution in [0, 0.1) is 6.92 Å². The minimum atomic E-state index is 0.138. The highest BCUT2D eigenvalue weighted by Gasteiger charge is 2.24. The van der Waals surface area contributed by atoms with Crippen molar-refractivity contribution in [1.82, 2.24) is 19.8 Å². The summed E-state index contributed by atoms with van der Waals surface area (Å²) in [5, 5.41) is 17.9. The van der Waals surface area contributed by atoms with E-state index in [4.69, 9.17) is 4.52 Å². The van der Waals surface area contributed by atoms with Gasteiger partial charge in [0.2, 0.25) is 0 Å². The van der Waals surface area contributed by atoms with Gasteiger partial charge >= 0.3 is 0 Å². The van der Waals surface area contributed by atoms with Crippen LogP contribution in [0.5, 0.6) is 0 Å². The zero-order valence-corrected chi connectivity index (χ0v) is 11.0. The van der Waals surface area contributed by atoms with Crippen LogP contribution >= 0.6 is 0 Å². The van der Waals surface area contributed by atoms with Gasteiger partial charge in [-0.1, -0.05) is 5.16 Å². The summed E-state index contributed by atoms with van der Waals surface area (Å²) in [4.78, 5) is 2.23. The topological polar surface area (TPSA) is 67.3 Å². The molecule has 3 rings (SSSR count). The van der Waals surface area contributed by atoms with Crippen LogP contribution in [0.1, 0.15) is 23.6 Å². The molecule has 0 bridgehead atoms. The Labute approximate surface area is 111 Å². The molecule has 0 saturated heterocycles. The number of rotatable bonds is 3. The van der Waals surface area contributed by atoms with Gasteiger partial charge < -0.3 is 9.63 Å². The van der Waals surface area contributed by atoms with Gasteiger partial charge in [-0.05, 0) is 19.4 Å². The lowest BCUT2D eigenvalue weighted by Gasteiger charge is -2.26. The van der Waals surface area contributed by atoms with Gasteiger partial charge in [0, 0.05) is 37.9 Å². The molecule has 19 heavy (non-hydrogen) atoms. The fraction of sp³-hybridized carbons (Fsp3) is 0.538. The Balaban J connectivity index is 1.80. The van der Waals surface area contributed by atoms with Crippen molar-refractivity contribution in [3.05, 3.63) is 35.5 Å². The minimum Gasteiger partial charge on any atom is -0.395 e. The molecule has 0 aromatic carbocycles. The lowest BCUT2D eigenvalue weighted by atomic mass is 10.2. The van der Waals surface area contributed by atoms with Crippen LogP contribution in [0.3, 0.4) is 0 Å². The third-order valence-electron chi connectivity index (χ3n) is 3.61. The van der Waals surface area contributed by atoms with Crippen LogP contribution in [-0.2, 0) is 19.6 Å². The number of aryl methyl sites for hydroxylation is 2. The van der Waals surface area contributed by atoms with Crippen molar-refractivity contribution in [2.45, 2.75) is 39.0 Å². The Bertz CT molecular complexity index is 548. The number of aliphatic hydroxyl groups excluding tert-OH is 1. The smallest absolute Gasteiger partial charge is 0.133 e. The van der Waals surface area contributed by atoms with Crippen LogP contribution < -0.4 is 0 Å². The zero-order valence-electron chi connectivity index (χ0n) is 11.0. The van der Waals surface area contributed by atoms with Gasteiger partial charge in [0.05, 0.1) is 18.0 Å². The predicted molar refractivity (Wildman–Crippen MR) is 68.2 cm³/mol. The lowest BCUT2D eigenvalue weighted by Crippen LogP contribution is -2.36. The molecule has 0 aliphatic carbocycles. The molecule has 102 valence electrons. The summed E-state index contributed by atoms with van der Waals surface area (Å²) >= 11 is 0. The van der Waals surface area contributed by atoms with Crippen molar-refractivity contribution in [3.63, 3.8) is 0 Å². The summed E-state index contributed by atoms with van der Waals surface area (Å²) in [7, 11) is 0. The normalized spacial score (nSPS) is 20.2. The molecule has 1 unspecified atom stereocenters. The highest BCUT2D eigenvalue weighted by Crippen LogP contribution is 2.19. The fourth-order valence-corrected chi connectivity index (χ4v) is 2.58. The first-order valence-electron chi connectivity index (χ1n) is 6.54. The van der Waals surface area contributed by atoms with Crippen LogP contribution in [0.25, 0.3) is 0 Å². The van der Waals surface area contributed by atoms with Gasteiger partial charge in [-0.2, -0.15) is 5.10 Å². The summed E-state index contributed by atoms with van der Waals surface area (Å²) < 4.78 is 7.11. The van der Waals surface area contributed by atoms with Crippen LogP contribution in [0.15, 0.2) is 22.9 Å². The molecule has 1 aliphatic rings. The highest BCUT2D eigenvalue weighted by molar-refractivity contribution is 5.06. The third-order valence-corrected chi connectivity index (χ3v) is 3.61. The maximum atomic E-state index is 9.57. The maximum Gasteiger partial charge on any atom is 0.133 e. The van der Waals surface area contributed by atoms with E-state index in [1.165, 1.54) is 5.69 Å². The first-order chi connectivity index (χ1) is 9.26. The Morgan fingerprint density at radius 2 is 2.42 bits per heavy atom. The molecule has 0 fully saturated rings. The van der Waals surface area contributed by atoms with Crippen LogP contribution in [0.4, 0.5) is 0 Å². The van der Waals surface area contributed by atoms with Crippen molar-refractivity contribution < 1.29 is 9.63 Å². The SMILES string of the molecule is Cc1cc(CN2Cc3ccnn3CCC2CO)no1. The van der Waals surface area contributed by atoms with Gasteiger partial charge in [-0.25, -0.2) is 0 Å². The summed E-state index contributed by atoms with van der Waals surface area (Å²) in [6, 6.07) is 4.11. The monoisotopic (exact) mass is 262 g/mol. The Hall–Kier alpha value is -1.66. The maximum absolute atomic E-state index is 9.57. The molecule has 0 saturated carbocycles. The first kappa shape index (κ1) is 12.4. The number of hydrogen-bond donors (Lipinski definition) is 1. The van der Waals surface area contributed by atoms with Gasteiger partial charge in [0.15, 0.2) is 0 Å². The zero-order chi connectivity index (χ0) is 13.2. The average Bonchev–Trinajstić information content (AvgIpc) is 2.96. The third kappa shape index (κ3) is 2.54. The lowest BCUT2D eigenvalue weighted by molar-refractivity contribution is 0.105. The van der Waals surface area contributed by atoms with Crippen LogP contribution in [0.2, 0.25) is 0 Å². The Kier molecular flexibility index (Phi) is 3.35. The molecule has 0 spiro atoms. The molecule has 2 aromatic heterocycles. The van der Waals surface area contributed by atoms with Gasteiger partial charge in [0.1, 0.15) is 5.76 Å². The summed E-state index contributed by atoms with van der Waals surface area (Å²) in [6.07, 6.45) is 2.72. The number of hydrogen-bond acceptors (Lipinski definition) is 5. The van der Waals surface area contributed by atoms with E-state index in [0.717, 1.165) is 31.0 Å². The molecule has 1 atom stereocenters. The Morgan fingerprint density at radius 1 is 1.53 bits per heavy atom. The molecular weight excluding hydrogens is 244 g/mol. The minimum absolute atomic E-state index is 0.138. The van der Waals surface area contributed by atoms with E-state index < -0.39 is 0 Å². The number of aromatic nitrogens is 3. The molecule has 1 aliphatic heterocycles. The largest absolute Gasteiger partial charge is 0.395 e. The second-order valence-corrected chi connectivity index (χ2v) is 5.00. The van der Waals surface area contributed by atoms with Crippen molar-refractivity contribution >= 4 is 0 Å². The average molecular weight is 262 g/mol. The molecule has 6 heteroatoms. The van der Waals surface area contributed by atoms with Crippen molar-refractivity contribution in [1.29, 1.82) is 0 Å². The second-order valence-electron chi connectivity index (χ2n) is 5.00. The first-order valence-corrected chi connectivity index (χ1v) is 6.54. The number of aliphatic hydroxyl groups is 1. The van der Waals surface area contributed by atoms with E-state index in [0.29, 0.717) is 6.54 Å². The molecular formula is C13H18N4O2. The number of fused-ring (bicyclic) bond motifs is 1. The van der Waals surface area contributed by atoms with Crippen molar-refractivity contribution in [2.75, 3.05) is 6.61 Å². The quantitative estimate of drug-likeness (QED) is 0.892. The van der Waals surface area contributed by atoms with E-state index in [1.54, 1.807) is 0 Å². The van der Waals surface area contributed by atoms with E-state index in [-0.39, 0.29) is 12.6 Å². The van der Waals surface area contributed by atoms with E-state index in [1.807, 2.05) is 29.9 Å². The molecule has 3 heterocycles.